The summed E-state index contributed by atoms with van der Waals surface area (Å²) in [6.45, 7) is 2.84. The molecule has 1 saturated heterocycles. The summed E-state index contributed by atoms with van der Waals surface area (Å²) in [5.74, 6) is 0.573. The lowest BCUT2D eigenvalue weighted by molar-refractivity contribution is 0.122. The molecule has 0 bridgehead atoms. The number of aromatic nitrogens is 3. The molecule has 7 nitrogen and oxygen atoms in total. The summed E-state index contributed by atoms with van der Waals surface area (Å²) in [7, 11) is 1.73. The molecule has 24 heavy (non-hydrogen) atoms. The summed E-state index contributed by atoms with van der Waals surface area (Å²) < 4.78 is 19.6. The second kappa shape index (κ2) is 7.59. The van der Waals surface area contributed by atoms with E-state index in [1.807, 2.05) is 4.90 Å². The molecule has 0 aromatic carbocycles. The van der Waals surface area contributed by atoms with Crippen LogP contribution in [0.1, 0.15) is 5.56 Å². The van der Waals surface area contributed by atoms with Crippen molar-refractivity contribution in [2.75, 3.05) is 48.9 Å². The third kappa shape index (κ3) is 3.65. The number of pyridine rings is 1. The van der Waals surface area contributed by atoms with Crippen LogP contribution in [0.5, 0.6) is 0 Å². The zero-order valence-electron chi connectivity index (χ0n) is 13.2. The molecule has 3 heterocycles. The average molecular weight is 353 g/mol. The van der Waals surface area contributed by atoms with Gasteiger partial charge in [-0.15, -0.1) is 0 Å². The Hall–Kier alpha value is -2.19. The Morgan fingerprint density at radius 1 is 1.29 bits per heavy atom. The van der Waals surface area contributed by atoms with Gasteiger partial charge in [0.2, 0.25) is 0 Å². The van der Waals surface area contributed by atoms with E-state index in [1.54, 1.807) is 13.2 Å². The molecule has 3 rings (SSSR count). The van der Waals surface area contributed by atoms with Crippen molar-refractivity contribution in [3.8, 4) is 0 Å². The van der Waals surface area contributed by atoms with E-state index in [1.165, 1.54) is 12.4 Å². The van der Waals surface area contributed by atoms with Gasteiger partial charge in [0.25, 0.3) is 0 Å². The number of ether oxygens (including phenoxy) is 1. The number of nitrogens with zero attached hydrogens (tertiary/aromatic N) is 4. The lowest BCUT2D eigenvalue weighted by Crippen LogP contribution is -2.37. The number of rotatable bonds is 5. The maximum absolute atomic E-state index is 14.3. The van der Waals surface area contributed by atoms with Crippen LogP contribution in [0.2, 0.25) is 5.15 Å². The van der Waals surface area contributed by atoms with Crippen LogP contribution in [0.25, 0.3) is 0 Å². The minimum absolute atomic E-state index is 0.321. The zero-order valence-corrected chi connectivity index (χ0v) is 14.0. The highest BCUT2D eigenvalue weighted by Crippen LogP contribution is 2.26. The maximum atomic E-state index is 14.3. The van der Waals surface area contributed by atoms with E-state index >= 15 is 0 Å². The molecule has 128 valence electrons. The molecule has 1 aliphatic rings. The molecule has 0 radical (unpaired) electrons. The smallest absolute Gasteiger partial charge is 0.166 e. The average Bonchev–Trinajstić information content (AvgIpc) is 2.61. The van der Waals surface area contributed by atoms with Crippen molar-refractivity contribution < 1.29 is 9.13 Å². The first kappa shape index (κ1) is 16.7. The molecular weight excluding hydrogens is 335 g/mol. The number of halogens is 2. The second-order valence-corrected chi connectivity index (χ2v) is 5.60. The highest BCUT2D eigenvalue weighted by molar-refractivity contribution is 6.32. The standard InChI is InChI=1S/C15H18ClFN6O/c1-18-12-13(16)21-9-22-14(12)19-7-10-6-11(17)15(20-8-10)23-2-4-24-5-3-23/h6,8-9,18H,2-5,7H2,1H3,(H,19,21,22). The fourth-order valence-corrected chi connectivity index (χ4v) is 2.71. The fraction of sp³-hybridized carbons (Fsp3) is 0.400. The first-order chi connectivity index (χ1) is 11.7. The van der Waals surface area contributed by atoms with E-state index < -0.39 is 0 Å². The summed E-state index contributed by atoms with van der Waals surface area (Å²) in [6, 6.07) is 1.48. The molecule has 1 fully saturated rings. The normalized spacial score (nSPS) is 14.5. The van der Waals surface area contributed by atoms with E-state index in [0.717, 1.165) is 0 Å². The summed E-state index contributed by atoms with van der Waals surface area (Å²) in [4.78, 5) is 14.2. The zero-order chi connectivity index (χ0) is 16.9. The Labute approximate surface area is 144 Å². The van der Waals surface area contributed by atoms with Gasteiger partial charge in [-0.2, -0.15) is 0 Å². The van der Waals surface area contributed by atoms with Gasteiger partial charge in [0.15, 0.2) is 22.6 Å². The van der Waals surface area contributed by atoms with Crippen LogP contribution in [-0.2, 0) is 11.3 Å². The van der Waals surface area contributed by atoms with Gasteiger partial charge in [-0.25, -0.2) is 19.3 Å². The molecule has 2 N–H and O–H groups in total. The van der Waals surface area contributed by atoms with Crippen LogP contribution in [0.15, 0.2) is 18.6 Å². The van der Waals surface area contributed by atoms with Crippen LogP contribution in [0.3, 0.4) is 0 Å². The van der Waals surface area contributed by atoms with Gasteiger partial charge in [0, 0.05) is 32.9 Å². The maximum Gasteiger partial charge on any atom is 0.166 e. The number of nitrogens with one attached hydrogen (secondary N) is 2. The van der Waals surface area contributed by atoms with Crippen molar-refractivity contribution in [1.29, 1.82) is 0 Å². The Morgan fingerprint density at radius 2 is 2.08 bits per heavy atom. The Bertz CT molecular complexity index is 710. The highest BCUT2D eigenvalue weighted by Gasteiger charge is 2.17. The third-order valence-electron chi connectivity index (χ3n) is 3.70. The van der Waals surface area contributed by atoms with Crippen LogP contribution in [0.4, 0.5) is 21.7 Å². The molecule has 0 aliphatic carbocycles. The highest BCUT2D eigenvalue weighted by atomic mass is 35.5. The van der Waals surface area contributed by atoms with Crippen LogP contribution in [-0.4, -0.2) is 48.3 Å². The largest absolute Gasteiger partial charge is 0.383 e. The minimum Gasteiger partial charge on any atom is -0.383 e. The molecule has 0 unspecified atom stereocenters. The Kier molecular flexibility index (Phi) is 5.27. The summed E-state index contributed by atoms with van der Waals surface area (Å²) in [5.41, 5.74) is 1.30. The van der Waals surface area contributed by atoms with E-state index in [-0.39, 0.29) is 5.82 Å². The molecule has 9 heteroatoms. The van der Waals surface area contributed by atoms with Crippen molar-refractivity contribution in [2.45, 2.75) is 6.54 Å². The first-order valence-electron chi connectivity index (χ1n) is 7.58. The lowest BCUT2D eigenvalue weighted by atomic mass is 10.2. The summed E-state index contributed by atoms with van der Waals surface area (Å²) >= 11 is 6.00. The SMILES string of the molecule is CNc1c(Cl)ncnc1NCc1cnc(N2CCOCC2)c(F)c1. The molecule has 2 aromatic heterocycles. The Morgan fingerprint density at radius 3 is 2.79 bits per heavy atom. The molecule has 0 atom stereocenters. The number of morpholine rings is 1. The predicted octanol–water partition coefficient (Wildman–Crippen LogP) is 2.15. The van der Waals surface area contributed by atoms with Crippen LogP contribution < -0.4 is 15.5 Å². The molecular formula is C15H18ClFN6O. The van der Waals surface area contributed by atoms with Crippen molar-refractivity contribution in [1.82, 2.24) is 15.0 Å². The molecule has 0 saturated carbocycles. The van der Waals surface area contributed by atoms with Crippen molar-refractivity contribution >= 4 is 28.9 Å². The predicted molar refractivity (Wildman–Crippen MR) is 91.1 cm³/mol. The van der Waals surface area contributed by atoms with Crippen molar-refractivity contribution in [3.63, 3.8) is 0 Å². The third-order valence-corrected chi connectivity index (χ3v) is 3.99. The number of hydrogen-bond acceptors (Lipinski definition) is 7. The number of anilines is 3. The van der Waals surface area contributed by atoms with Crippen LogP contribution >= 0.6 is 11.6 Å². The van der Waals surface area contributed by atoms with Crippen molar-refractivity contribution in [3.05, 3.63) is 35.1 Å². The second-order valence-electron chi connectivity index (χ2n) is 5.24. The van der Waals surface area contributed by atoms with Crippen LogP contribution in [0, 0.1) is 5.82 Å². The molecule has 1 aliphatic heterocycles. The molecule has 2 aromatic rings. The van der Waals surface area contributed by atoms with Gasteiger partial charge < -0.3 is 20.3 Å². The molecule has 0 spiro atoms. The number of hydrogen-bond donors (Lipinski definition) is 2. The topological polar surface area (TPSA) is 75.2 Å². The minimum atomic E-state index is -0.342. The van der Waals surface area contributed by atoms with Gasteiger partial charge in [0.05, 0.1) is 13.2 Å². The lowest BCUT2D eigenvalue weighted by Gasteiger charge is -2.28. The summed E-state index contributed by atoms with van der Waals surface area (Å²) in [5, 5.41) is 6.37. The van der Waals surface area contributed by atoms with E-state index in [4.69, 9.17) is 16.3 Å². The van der Waals surface area contributed by atoms with E-state index in [0.29, 0.717) is 60.9 Å². The van der Waals surface area contributed by atoms with Crippen molar-refractivity contribution in [2.24, 2.45) is 0 Å². The van der Waals surface area contributed by atoms with Gasteiger partial charge in [0.1, 0.15) is 12.0 Å². The quantitative estimate of drug-likeness (QED) is 0.798. The first-order valence-corrected chi connectivity index (χ1v) is 7.96. The van der Waals surface area contributed by atoms with E-state index in [9.17, 15) is 4.39 Å². The van der Waals surface area contributed by atoms with Gasteiger partial charge in [-0.1, -0.05) is 11.6 Å². The monoisotopic (exact) mass is 352 g/mol. The van der Waals surface area contributed by atoms with Gasteiger partial charge in [-0.3, -0.25) is 0 Å². The fourth-order valence-electron chi connectivity index (χ4n) is 2.48. The molecule has 0 amide bonds. The summed E-state index contributed by atoms with van der Waals surface area (Å²) in [6.07, 6.45) is 3.02. The Balaban J connectivity index is 1.70. The van der Waals surface area contributed by atoms with Gasteiger partial charge >= 0.3 is 0 Å². The van der Waals surface area contributed by atoms with Gasteiger partial charge in [-0.05, 0) is 11.6 Å². The van der Waals surface area contributed by atoms with E-state index in [2.05, 4.69) is 25.6 Å².